The van der Waals surface area contributed by atoms with Crippen LogP contribution in [0.15, 0.2) is 54.7 Å². The van der Waals surface area contributed by atoms with Crippen molar-refractivity contribution in [3.05, 3.63) is 64.7 Å². The molecule has 0 radical (unpaired) electrons. The van der Waals surface area contributed by atoms with Gasteiger partial charge in [0.25, 0.3) is 5.88 Å². The summed E-state index contributed by atoms with van der Waals surface area (Å²) in [5, 5.41) is 23.1. The van der Waals surface area contributed by atoms with Gasteiger partial charge in [0.15, 0.2) is 0 Å². The van der Waals surface area contributed by atoms with Crippen LogP contribution in [0.4, 0.5) is 11.6 Å². The summed E-state index contributed by atoms with van der Waals surface area (Å²) in [6.07, 6.45) is 14.9. The number of thiazole rings is 1. The fourth-order valence-electron chi connectivity index (χ4n) is 6.37. The van der Waals surface area contributed by atoms with Gasteiger partial charge in [-0.3, -0.25) is 9.58 Å². The fourth-order valence-corrected chi connectivity index (χ4v) is 7.20. The number of benzene rings is 1. The zero-order valence-electron chi connectivity index (χ0n) is 27.4. The number of aromatic nitrogens is 9. The molecule has 2 fully saturated rings. The molecule has 1 N–H and O–H groups in total. The minimum absolute atomic E-state index is 0.205. The van der Waals surface area contributed by atoms with Gasteiger partial charge in [-0.1, -0.05) is 17.7 Å². The minimum atomic E-state index is -0.205. The first-order valence-electron chi connectivity index (χ1n) is 16.8. The van der Waals surface area contributed by atoms with E-state index in [9.17, 15) is 0 Å². The molecule has 1 saturated carbocycles. The molecule has 1 aliphatic carbocycles. The molecule has 0 bridgehead atoms. The maximum Gasteiger partial charge on any atom is 0.256 e. The average molecular weight is 706 g/mol. The van der Waals surface area contributed by atoms with Crippen molar-refractivity contribution in [1.82, 2.24) is 49.8 Å². The van der Waals surface area contributed by atoms with Crippen LogP contribution in [0.1, 0.15) is 50.1 Å². The van der Waals surface area contributed by atoms with E-state index in [1.165, 1.54) is 0 Å². The second-order valence-corrected chi connectivity index (χ2v) is 13.7. The third-order valence-electron chi connectivity index (χ3n) is 8.88. The van der Waals surface area contributed by atoms with Crippen molar-refractivity contribution in [3.8, 4) is 22.8 Å². The van der Waals surface area contributed by atoms with Crippen LogP contribution < -0.4 is 14.8 Å². The van der Waals surface area contributed by atoms with E-state index in [0.717, 1.165) is 86.7 Å². The smallest absolute Gasteiger partial charge is 0.256 e. The molecule has 1 aliphatic heterocycles. The Hall–Kier alpha value is -4.18. The molecule has 5 aromatic rings. The molecule has 16 heteroatoms. The number of hydrogen-bond acceptors (Lipinski definition) is 13. The molecule has 1 aromatic carbocycles. The van der Waals surface area contributed by atoms with Gasteiger partial charge < -0.3 is 19.5 Å². The maximum absolute atomic E-state index is 6.47. The number of anilines is 2. The van der Waals surface area contributed by atoms with Crippen molar-refractivity contribution < 1.29 is 14.2 Å². The summed E-state index contributed by atoms with van der Waals surface area (Å²) in [5.41, 5.74) is 2.45. The van der Waals surface area contributed by atoms with E-state index in [1.807, 2.05) is 42.9 Å². The van der Waals surface area contributed by atoms with E-state index in [2.05, 4.69) is 45.4 Å². The molecule has 5 heterocycles. The van der Waals surface area contributed by atoms with E-state index >= 15 is 0 Å². The van der Waals surface area contributed by atoms with E-state index < -0.39 is 0 Å². The number of nitrogens with one attached hydrogen (secondary N) is 1. The number of halogens is 1. The van der Waals surface area contributed by atoms with Gasteiger partial charge in [-0.05, 0) is 67.2 Å². The van der Waals surface area contributed by atoms with Gasteiger partial charge in [-0.2, -0.15) is 0 Å². The van der Waals surface area contributed by atoms with E-state index in [4.69, 9.17) is 30.9 Å². The molecule has 258 valence electrons. The van der Waals surface area contributed by atoms with Crippen LogP contribution in [0.3, 0.4) is 0 Å². The number of ether oxygens (including phenoxy) is 3. The molecule has 4 aromatic heterocycles. The van der Waals surface area contributed by atoms with E-state index in [-0.39, 0.29) is 6.10 Å². The monoisotopic (exact) mass is 705 g/mol. The Bertz CT molecular complexity index is 1740. The number of morpholine rings is 1. The number of rotatable bonds is 14. The van der Waals surface area contributed by atoms with Gasteiger partial charge in [0.2, 0.25) is 5.95 Å². The lowest BCUT2D eigenvalue weighted by Crippen LogP contribution is -2.45. The quantitative estimate of drug-likeness (QED) is 0.146. The van der Waals surface area contributed by atoms with Crippen LogP contribution in [-0.2, 0) is 17.7 Å². The Kier molecular flexibility index (Phi) is 10.9. The third-order valence-corrected chi connectivity index (χ3v) is 10.0. The third kappa shape index (κ3) is 8.71. The molecule has 49 heavy (non-hydrogen) atoms. The van der Waals surface area contributed by atoms with Crippen molar-refractivity contribution in [3.63, 3.8) is 0 Å². The molecular formula is C33H40ClN11O3S. The molecule has 2 aliphatic rings. The molecule has 0 amide bonds. The van der Waals surface area contributed by atoms with Crippen molar-refractivity contribution in [2.75, 3.05) is 38.2 Å². The normalized spacial score (nSPS) is 19.1. The highest BCUT2D eigenvalue weighted by molar-refractivity contribution is 7.09. The minimum Gasteiger partial charge on any atom is -0.487 e. The van der Waals surface area contributed by atoms with Gasteiger partial charge in [-0.25, -0.2) is 19.6 Å². The Labute approximate surface area is 293 Å². The summed E-state index contributed by atoms with van der Waals surface area (Å²) >= 11 is 8.13. The number of nitrogens with zero attached hydrogens (tertiary/aromatic N) is 10. The van der Waals surface area contributed by atoms with Crippen LogP contribution in [0.25, 0.3) is 11.1 Å². The van der Waals surface area contributed by atoms with Crippen LogP contribution >= 0.6 is 22.9 Å². The lowest BCUT2D eigenvalue weighted by molar-refractivity contribution is 0.00503. The van der Waals surface area contributed by atoms with Crippen molar-refractivity contribution in [1.29, 1.82) is 0 Å². The fraction of sp³-hybridized carbons (Fsp3) is 0.485. The van der Waals surface area contributed by atoms with Crippen LogP contribution in [-0.4, -0.2) is 94.9 Å². The lowest BCUT2D eigenvalue weighted by Gasteiger charge is -2.38. The van der Waals surface area contributed by atoms with Crippen LogP contribution in [0.2, 0.25) is 5.02 Å². The van der Waals surface area contributed by atoms with Gasteiger partial charge >= 0.3 is 0 Å². The van der Waals surface area contributed by atoms with Crippen molar-refractivity contribution >= 4 is 34.6 Å². The summed E-state index contributed by atoms with van der Waals surface area (Å²) in [6.45, 7) is 6.67. The van der Waals surface area contributed by atoms with Gasteiger partial charge in [-0.15, -0.1) is 21.5 Å². The number of hydrogen-bond donors (Lipinski definition) is 1. The highest BCUT2D eigenvalue weighted by Crippen LogP contribution is 2.35. The summed E-state index contributed by atoms with van der Waals surface area (Å²) in [5.74, 6) is 1.56. The highest BCUT2D eigenvalue weighted by Gasteiger charge is 2.29. The Balaban J connectivity index is 1.02. The molecule has 0 unspecified atom stereocenters. The molecule has 0 spiro atoms. The zero-order valence-corrected chi connectivity index (χ0v) is 29.0. The zero-order chi connectivity index (χ0) is 33.4. The Morgan fingerprint density at radius 3 is 2.63 bits per heavy atom. The van der Waals surface area contributed by atoms with Gasteiger partial charge in [0, 0.05) is 55.1 Å². The second kappa shape index (κ2) is 16.0. The second-order valence-electron chi connectivity index (χ2n) is 12.3. The highest BCUT2D eigenvalue weighted by atomic mass is 35.5. The number of aryl methyl sites for hydroxylation is 1. The first kappa shape index (κ1) is 33.3. The van der Waals surface area contributed by atoms with Crippen LogP contribution in [0, 0.1) is 0 Å². The van der Waals surface area contributed by atoms with E-state index in [1.54, 1.807) is 34.7 Å². The first-order chi connectivity index (χ1) is 24.1. The van der Waals surface area contributed by atoms with E-state index in [0.29, 0.717) is 47.8 Å². The topological polar surface area (TPSA) is 143 Å². The van der Waals surface area contributed by atoms with Gasteiger partial charge in [0.05, 0.1) is 48.6 Å². The Morgan fingerprint density at radius 2 is 1.88 bits per heavy atom. The summed E-state index contributed by atoms with van der Waals surface area (Å²) in [4.78, 5) is 16.2. The lowest BCUT2D eigenvalue weighted by atomic mass is 9.90. The van der Waals surface area contributed by atoms with Gasteiger partial charge in [0.1, 0.15) is 23.9 Å². The predicted octanol–water partition coefficient (Wildman–Crippen LogP) is 5.48. The van der Waals surface area contributed by atoms with Crippen molar-refractivity contribution in [2.45, 2.75) is 70.2 Å². The maximum atomic E-state index is 6.47. The Morgan fingerprint density at radius 1 is 1.06 bits per heavy atom. The molecular weight excluding hydrogens is 666 g/mol. The standard InChI is InChI=1S/C33H40ClN11O3S/c1-23(20-44-22-38-41-42-44)48-30-17-24(4-9-28(30)34)25-18-36-33(37-19-25)39-29-21-45(40-32(29)47-13-2-3-31-35-10-16-49-31)27-7-5-26(6-8-27)43-11-14-46-15-12-43/h4,9-10,16-19,21-23,26-27H,2-3,5-8,11-15,20H2,1H3,(H,36,37,39)/t23-,26?,27?/m0/s1. The predicted molar refractivity (Wildman–Crippen MR) is 186 cm³/mol. The molecule has 7 rings (SSSR count). The molecule has 1 atom stereocenters. The van der Waals surface area contributed by atoms with Crippen molar-refractivity contribution in [2.24, 2.45) is 0 Å². The summed E-state index contributed by atoms with van der Waals surface area (Å²) < 4.78 is 21.6. The molecule has 1 saturated heterocycles. The first-order valence-corrected chi connectivity index (χ1v) is 18.0. The molecule has 14 nitrogen and oxygen atoms in total. The van der Waals surface area contributed by atoms with Crippen LogP contribution in [0.5, 0.6) is 11.6 Å². The summed E-state index contributed by atoms with van der Waals surface area (Å²) in [6, 6.07) is 6.54. The SMILES string of the molecule is C[C@@H](Cn1cnnn1)Oc1cc(-c2cnc(Nc3cn(C4CCC(N5CCOCC5)CC4)nc3OCCCc3nccs3)nc2)ccc1Cl. The summed E-state index contributed by atoms with van der Waals surface area (Å²) in [7, 11) is 0. The average Bonchev–Trinajstić information content (AvgIpc) is 3.92. The largest absolute Gasteiger partial charge is 0.487 e. The number of tetrazole rings is 1.